The number of hydrogen-bond donors (Lipinski definition) is 3. The predicted molar refractivity (Wildman–Crippen MR) is 251 cm³/mol. The summed E-state index contributed by atoms with van der Waals surface area (Å²) in [6, 6.07) is 0. The van der Waals surface area contributed by atoms with Crippen molar-refractivity contribution in [1.29, 1.82) is 0 Å². The van der Waals surface area contributed by atoms with E-state index in [1.165, 1.54) is 109 Å². The lowest BCUT2D eigenvalue weighted by Crippen LogP contribution is -2.29. The molecule has 3 N–H and O–H groups in total. The second-order valence-corrected chi connectivity index (χ2v) is 17.2. The Labute approximate surface area is 371 Å². The van der Waals surface area contributed by atoms with E-state index in [9.17, 15) is 24.2 Å². The van der Waals surface area contributed by atoms with Gasteiger partial charge in [-0.15, -0.1) is 0 Å². The van der Waals surface area contributed by atoms with E-state index in [4.69, 9.17) is 19.1 Å². The van der Waals surface area contributed by atoms with Gasteiger partial charge in [0.2, 0.25) is 0 Å². The fourth-order valence-electron chi connectivity index (χ4n) is 6.15. The second-order valence-electron chi connectivity index (χ2n) is 15.8. The molecule has 61 heavy (non-hydrogen) atoms. The van der Waals surface area contributed by atoms with Crippen LogP contribution in [0.4, 0.5) is 0 Å². The van der Waals surface area contributed by atoms with Gasteiger partial charge in [0.1, 0.15) is 12.7 Å². The summed E-state index contributed by atoms with van der Waals surface area (Å²) in [7, 11) is -4.64. The Morgan fingerprint density at radius 2 is 0.885 bits per heavy atom. The molecule has 0 spiro atoms. The quantitative estimate of drug-likeness (QED) is 0.0234. The summed E-state index contributed by atoms with van der Waals surface area (Å²) in [5.41, 5.74) is 0. The first-order valence-electron chi connectivity index (χ1n) is 23.9. The molecule has 352 valence electrons. The lowest BCUT2D eigenvalue weighted by molar-refractivity contribution is -0.161. The SMILES string of the molecule is CCCCC/C=C/C/C=C/C/C=C/C/C=C/C/C=C/CCC(=O)O[C@H](COC(=O)CCCCCCCCCCC/C=C/CCCCCCCC)COP(=O)(O)OC[C@@H](O)CO. The number of hydrogen-bond acceptors (Lipinski definition) is 9. The molecular formula is C50H87O10P. The molecule has 0 fully saturated rings. The zero-order chi connectivity index (χ0) is 44.8. The van der Waals surface area contributed by atoms with E-state index in [-0.39, 0.29) is 19.4 Å². The van der Waals surface area contributed by atoms with Crippen molar-refractivity contribution in [2.75, 3.05) is 26.4 Å². The molecular weight excluding hydrogens is 792 g/mol. The molecule has 0 aromatic rings. The summed E-state index contributed by atoms with van der Waals surface area (Å²) in [4.78, 5) is 35.1. The Kier molecular flexibility index (Phi) is 43.5. The van der Waals surface area contributed by atoms with Crippen LogP contribution in [0.3, 0.4) is 0 Å². The first-order valence-corrected chi connectivity index (χ1v) is 25.4. The summed E-state index contributed by atoms with van der Waals surface area (Å²) in [5.74, 6) is -1.02. The third kappa shape index (κ3) is 45.3. The highest BCUT2D eigenvalue weighted by Gasteiger charge is 2.27. The summed E-state index contributed by atoms with van der Waals surface area (Å²) < 4.78 is 32.7. The van der Waals surface area contributed by atoms with Crippen molar-refractivity contribution >= 4 is 19.8 Å². The number of ether oxygens (including phenoxy) is 2. The molecule has 0 aliphatic heterocycles. The normalized spacial score (nSPS) is 14.4. The lowest BCUT2D eigenvalue weighted by atomic mass is 10.1. The molecule has 0 aromatic heterocycles. The van der Waals surface area contributed by atoms with Crippen LogP contribution in [-0.4, -0.2) is 65.7 Å². The van der Waals surface area contributed by atoms with Gasteiger partial charge in [-0.25, -0.2) is 4.57 Å². The average molecular weight is 879 g/mol. The number of esters is 2. The van der Waals surface area contributed by atoms with Gasteiger partial charge in [-0.3, -0.25) is 18.6 Å². The van der Waals surface area contributed by atoms with Gasteiger partial charge in [-0.05, 0) is 77.0 Å². The molecule has 0 saturated carbocycles. The molecule has 10 nitrogen and oxygen atoms in total. The van der Waals surface area contributed by atoms with Crippen LogP contribution in [-0.2, 0) is 32.7 Å². The van der Waals surface area contributed by atoms with Crippen molar-refractivity contribution in [3.8, 4) is 0 Å². The Balaban J connectivity index is 4.36. The number of rotatable bonds is 44. The third-order valence-corrected chi connectivity index (χ3v) is 10.8. The maximum Gasteiger partial charge on any atom is 0.472 e. The Morgan fingerprint density at radius 1 is 0.492 bits per heavy atom. The number of phosphoric ester groups is 1. The minimum absolute atomic E-state index is 0.0578. The van der Waals surface area contributed by atoms with E-state index in [1.807, 2.05) is 12.2 Å². The van der Waals surface area contributed by atoms with Crippen molar-refractivity contribution in [2.45, 2.75) is 206 Å². The molecule has 0 aromatic carbocycles. The van der Waals surface area contributed by atoms with E-state index < -0.39 is 51.8 Å². The van der Waals surface area contributed by atoms with Gasteiger partial charge in [0.25, 0.3) is 0 Å². The van der Waals surface area contributed by atoms with Crippen molar-refractivity contribution in [2.24, 2.45) is 0 Å². The standard InChI is InChI=1S/C50H87O10P/c1-3-5-7-9-11-13-15-17-19-21-23-25-27-29-31-33-35-37-39-41-49(53)57-45-48(46-59-61(55,56)58-44-47(52)43-51)60-50(54)42-40-38-36-34-32-30-28-26-24-22-20-18-16-14-12-10-8-6-4-2/h12,14,17-20,24,26,30,32,36,38,47-48,51-52H,3-11,13,15-16,21-23,25,27-29,31,33-35,37,39-46H2,1-2H3,(H,55,56)/b14-12+,19-17+,20-18+,26-24+,32-30+,38-36+/t47-,48+/m0/s1. The summed E-state index contributed by atoms with van der Waals surface area (Å²) in [5, 5.41) is 18.4. The molecule has 0 amide bonds. The number of aliphatic hydroxyl groups excluding tert-OH is 2. The Hall–Kier alpha value is -2.59. The van der Waals surface area contributed by atoms with Crippen LogP contribution in [0.15, 0.2) is 72.9 Å². The molecule has 0 radical (unpaired) electrons. The van der Waals surface area contributed by atoms with Crippen LogP contribution in [0, 0.1) is 0 Å². The topological polar surface area (TPSA) is 149 Å². The smallest absolute Gasteiger partial charge is 0.462 e. The monoisotopic (exact) mass is 879 g/mol. The second kappa shape index (κ2) is 45.4. The number of allylic oxidation sites excluding steroid dienone is 12. The van der Waals surface area contributed by atoms with Crippen LogP contribution < -0.4 is 0 Å². The van der Waals surface area contributed by atoms with Crippen LogP contribution >= 0.6 is 7.82 Å². The van der Waals surface area contributed by atoms with Gasteiger partial charge in [-0.1, -0.05) is 177 Å². The minimum Gasteiger partial charge on any atom is -0.462 e. The maximum absolute atomic E-state index is 12.6. The molecule has 0 heterocycles. The average Bonchev–Trinajstić information content (AvgIpc) is 3.25. The Bertz CT molecular complexity index is 1240. The third-order valence-electron chi connectivity index (χ3n) is 9.85. The highest BCUT2D eigenvalue weighted by Crippen LogP contribution is 2.43. The fraction of sp³-hybridized carbons (Fsp3) is 0.720. The van der Waals surface area contributed by atoms with E-state index in [0.29, 0.717) is 12.8 Å². The molecule has 0 aliphatic carbocycles. The van der Waals surface area contributed by atoms with E-state index >= 15 is 0 Å². The minimum atomic E-state index is -4.64. The van der Waals surface area contributed by atoms with Gasteiger partial charge < -0.3 is 24.6 Å². The number of aliphatic hydroxyl groups is 2. The van der Waals surface area contributed by atoms with Crippen molar-refractivity contribution < 1.29 is 47.8 Å². The Morgan fingerprint density at radius 3 is 1.39 bits per heavy atom. The number of carbonyl (C=O) groups is 2. The van der Waals surface area contributed by atoms with Gasteiger partial charge in [0.15, 0.2) is 6.10 Å². The van der Waals surface area contributed by atoms with Gasteiger partial charge in [0, 0.05) is 12.8 Å². The van der Waals surface area contributed by atoms with E-state index in [0.717, 1.165) is 44.9 Å². The number of unbranched alkanes of at least 4 members (excludes halogenated alkanes) is 18. The number of phosphoric acid groups is 1. The molecule has 0 saturated heterocycles. The zero-order valence-corrected chi connectivity index (χ0v) is 39.3. The summed E-state index contributed by atoms with van der Waals surface area (Å²) >= 11 is 0. The molecule has 0 aliphatic rings. The largest absolute Gasteiger partial charge is 0.472 e. The molecule has 1 unspecified atom stereocenters. The van der Waals surface area contributed by atoms with Crippen LogP contribution in [0.1, 0.15) is 194 Å². The van der Waals surface area contributed by atoms with Crippen LogP contribution in [0.5, 0.6) is 0 Å². The van der Waals surface area contributed by atoms with Crippen molar-refractivity contribution in [3.63, 3.8) is 0 Å². The molecule has 3 atom stereocenters. The van der Waals surface area contributed by atoms with Gasteiger partial charge >= 0.3 is 19.8 Å². The van der Waals surface area contributed by atoms with Crippen molar-refractivity contribution in [3.05, 3.63) is 72.9 Å². The highest BCUT2D eigenvalue weighted by atomic mass is 31.2. The van der Waals surface area contributed by atoms with Crippen molar-refractivity contribution in [1.82, 2.24) is 0 Å². The van der Waals surface area contributed by atoms with E-state index in [1.54, 1.807) is 0 Å². The maximum atomic E-state index is 12.6. The summed E-state index contributed by atoms with van der Waals surface area (Å²) in [6.07, 6.45) is 53.1. The molecule has 0 rings (SSSR count). The predicted octanol–water partition coefficient (Wildman–Crippen LogP) is 13.2. The van der Waals surface area contributed by atoms with Gasteiger partial charge in [0.05, 0.1) is 19.8 Å². The van der Waals surface area contributed by atoms with Crippen LogP contribution in [0.25, 0.3) is 0 Å². The van der Waals surface area contributed by atoms with Crippen LogP contribution in [0.2, 0.25) is 0 Å². The summed E-state index contributed by atoms with van der Waals surface area (Å²) in [6.45, 7) is 2.27. The van der Waals surface area contributed by atoms with Gasteiger partial charge in [-0.2, -0.15) is 0 Å². The fourth-order valence-corrected chi connectivity index (χ4v) is 6.94. The first kappa shape index (κ1) is 58.4. The number of carbonyl (C=O) groups excluding carboxylic acids is 2. The lowest BCUT2D eigenvalue weighted by Gasteiger charge is -2.20. The first-order chi connectivity index (χ1) is 29.7. The molecule has 0 bridgehead atoms. The highest BCUT2D eigenvalue weighted by molar-refractivity contribution is 7.47. The zero-order valence-electron chi connectivity index (χ0n) is 38.4. The molecule has 11 heteroatoms. The van der Waals surface area contributed by atoms with E-state index in [2.05, 4.69) is 79.1 Å².